The molecule has 1 fully saturated rings. The molecule has 1 heterocycles. The van der Waals surface area contributed by atoms with Gasteiger partial charge in [-0.25, -0.2) is 0 Å². The molecule has 0 radical (unpaired) electrons. The van der Waals surface area contributed by atoms with Gasteiger partial charge in [-0.2, -0.15) is 0 Å². The molecular formula is C14H19NS. The zero-order valence-corrected chi connectivity index (χ0v) is 10.4. The number of thioether (sulfide) groups is 1. The summed E-state index contributed by atoms with van der Waals surface area (Å²) in [5, 5.41) is 0.621. The van der Waals surface area contributed by atoms with Crippen molar-refractivity contribution in [1.29, 1.82) is 0 Å². The van der Waals surface area contributed by atoms with Crippen LogP contribution < -0.4 is 5.73 Å². The highest BCUT2D eigenvalue weighted by Gasteiger charge is 2.29. The number of hydrogen-bond acceptors (Lipinski definition) is 2. The van der Waals surface area contributed by atoms with E-state index in [4.69, 9.17) is 5.73 Å². The summed E-state index contributed by atoms with van der Waals surface area (Å²) >= 11 is 1.99. The van der Waals surface area contributed by atoms with Gasteiger partial charge >= 0.3 is 0 Å². The molecule has 1 aliphatic heterocycles. The summed E-state index contributed by atoms with van der Waals surface area (Å²) < 4.78 is 0. The van der Waals surface area contributed by atoms with E-state index in [0.29, 0.717) is 11.3 Å². The summed E-state index contributed by atoms with van der Waals surface area (Å²) in [4.78, 5) is 1.45. The Morgan fingerprint density at radius 1 is 1.31 bits per heavy atom. The van der Waals surface area contributed by atoms with Crippen LogP contribution in [0.1, 0.15) is 31.2 Å². The monoisotopic (exact) mass is 233 g/mol. The summed E-state index contributed by atoms with van der Waals surface area (Å²) in [6, 6.07) is 9.13. The molecule has 0 spiro atoms. The molecule has 86 valence electrons. The maximum Gasteiger partial charge on any atom is 0.0287 e. The van der Waals surface area contributed by atoms with Gasteiger partial charge in [-0.1, -0.05) is 31.0 Å². The van der Waals surface area contributed by atoms with E-state index in [1.807, 2.05) is 11.8 Å². The van der Waals surface area contributed by atoms with Gasteiger partial charge in [-0.3, -0.25) is 0 Å². The zero-order valence-electron chi connectivity index (χ0n) is 9.56. The SMILES string of the molecule is NC(CCC1CC1)C1Cc2ccccc2S1. The maximum absolute atomic E-state index is 6.31. The molecule has 1 aromatic carbocycles. The first-order valence-electron chi connectivity index (χ1n) is 6.33. The number of fused-ring (bicyclic) bond motifs is 1. The summed E-state index contributed by atoms with van der Waals surface area (Å²) in [5.74, 6) is 1.01. The van der Waals surface area contributed by atoms with Crippen molar-refractivity contribution in [3.8, 4) is 0 Å². The molecule has 2 aliphatic rings. The minimum absolute atomic E-state index is 0.387. The van der Waals surface area contributed by atoms with Gasteiger partial charge in [-0.05, 0) is 36.8 Å². The molecule has 1 aliphatic carbocycles. The number of hydrogen-bond donors (Lipinski definition) is 1. The van der Waals surface area contributed by atoms with Crippen molar-refractivity contribution < 1.29 is 0 Å². The largest absolute Gasteiger partial charge is 0.327 e. The fourth-order valence-corrected chi connectivity index (χ4v) is 3.83. The Kier molecular flexibility index (Phi) is 2.95. The topological polar surface area (TPSA) is 26.0 Å². The summed E-state index contributed by atoms with van der Waals surface area (Å²) in [7, 11) is 0. The second kappa shape index (κ2) is 4.42. The van der Waals surface area contributed by atoms with Gasteiger partial charge in [0.25, 0.3) is 0 Å². The minimum Gasteiger partial charge on any atom is -0.327 e. The highest BCUT2D eigenvalue weighted by atomic mass is 32.2. The number of rotatable bonds is 4. The third-order valence-corrected chi connectivity index (χ3v) is 5.23. The first kappa shape index (κ1) is 10.7. The molecule has 2 N–H and O–H groups in total. The molecule has 0 bridgehead atoms. The second-order valence-corrected chi connectivity index (χ2v) is 6.43. The Labute approximate surface area is 102 Å². The van der Waals surface area contributed by atoms with E-state index in [2.05, 4.69) is 24.3 Å². The maximum atomic E-state index is 6.31. The lowest BCUT2D eigenvalue weighted by molar-refractivity contribution is 0.537. The van der Waals surface area contributed by atoms with Gasteiger partial charge in [0.05, 0.1) is 0 Å². The van der Waals surface area contributed by atoms with E-state index in [9.17, 15) is 0 Å². The van der Waals surface area contributed by atoms with E-state index in [1.54, 1.807) is 0 Å². The van der Waals surface area contributed by atoms with Crippen molar-refractivity contribution in [2.45, 2.75) is 48.3 Å². The molecular weight excluding hydrogens is 214 g/mol. The number of benzene rings is 1. The predicted molar refractivity (Wildman–Crippen MR) is 69.7 cm³/mol. The first-order valence-corrected chi connectivity index (χ1v) is 7.21. The molecule has 1 saturated carbocycles. The second-order valence-electron chi connectivity index (χ2n) is 5.15. The Morgan fingerprint density at radius 3 is 2.88 bits per heavy atom. The minimum atomic E-state index is 0.387. The Bertz CT molecular complexity index is 348. The number of nitrogens with two attached hydrogens (primary N) is 1. The third-order valence-electron chi connectivity index (χ3n) is 3.75. The van der Waals surface area contributed by atoms with Gasteiger partial charge in [0.1, 0.15) is 0 Å². The van der Waals surface area contributed by atoms with E-state index in [-0.39, 0.29) is 0 Å². The average molecular weight is 233 g/mol. The van der Waals surface area contributed by atoms with Crippen LogP contribution >= 0.6 is 11.8 Å². The fourth-order valence-electron chi connectivity index (χ4n) is 2.47. The molecule has 2 heteroatoms. The van der Waals surface area contributed by atoms with Crippen LogP contribution in [0, 0.1) is 5.92 Å². The van der Waals surface area contributed by atoms with E-state index in [0.717, 1.165) is 5.92 Å². The average Bonchev–Trinajstić information content (AvgIpc) is 3.02. The van der Waals surface area contributed by atoms with Crippen molar-refractivity contribution in [1.82, 2.24) is 0 Å². The lowest BCUT2D eigenvalue weighted by Crippen LogP contribution is -2.32. The lowest BCUT2D eigenvalue weighted by atomic mass is 10.0. The smallest absolute Gasteiger partial charge is 0.0287 e. The van der Waals surface area contributed by atoms with Crippen LogP contribution in [0.15, 0.2) is 29.2 Å². The van der Waals surface area contributed by atoms with Gasteiger partial charge in [0.15, 0.2) is 0 Å². The third kappa shape index (κ3) is 2.28. The van der Waals surface area contributed by atoms with Gasteiger partial charge < -0.3 is 5.73 Å². The highest BCUT2D eigenvalue weighted by molar-refractivity contribution is 8.00. The molecule has 0 aromatic heterocycles. The standard InChI is InChI=1S/C14H19NS/c15-12(8-7-10-5-6-10)14-9-11-3-1-2-4-13(11)16-14/h1-4,10,12,14H,5-9,15H2. The highest BCUT2D eigenvalue weighted by Crippen LogP contribution is 2.40. The molecule has 0 saturated heterocycles. The van der Waals surface area contributed by atoms with Crippen LogP contribution in [-0.2, 0) is 6.42 Å². The van der Waals surface area contributed by atoms with Crippen molar-refractivity contribution >= 4 is 11.8 Å². The molecule has 2 unspecified atom stereocenters. The van der Waals surface area contributed by atoms with Crippen LogP contribution in [0.25, 0.3) is 0 Å². The molecule has 0 amide bonds. The molecule has 3 rings (SSSR count). The molecule has 2 atom stereocenters. The summed E-state index contributed by atoms with van der Waals surface area (Å²) in [6.07, 6.45) is 6.65. The van der Waals surface area contributed by atoms with Crippen LogP contribution in [0.2, 0.25) is 0 Å². The molecule has 1 nitrogen and oxygen atoms in total. The van der Waals surface area contributed by atoms with Crippen molar-refractivity contribution in [2.24, 2.45) is 11.7 Å². The molecule has 1 aromatic rings. The van der Waals surface area contributed by atoms with Crippen LogP contribution in [0.5, 0.6) is 0 Å². The Hall–Kier alpha value is -0.470. The first-order chi connectivity index (χ1) is 7.83. The van der Waals surface area contributed by atoms with E-state index >= 15 is 0 Å². The lowest BCUT2D eigenvalue weighted by Gasteiger charge is -2.17. The Balaban J connectivity index is 1.57. The fraction of sp³-hybridized carbons (Fsp3) is 0.571. The van der Waals surface area contributed by atoms with Gasteiger partial charge in [0, 0.05) is 16.2 Å². The van der Waals surface area contributed by atoms with Gasteiger partial charge in [0.2, 0.25) is 0 Å². The van der Waals surface area contributed by atoms with Crippen LogP contribution in [-0.4, -0.2) is 11.3 Å². The van der Waals surface area contributed by atoms with Crippen molar-refractivity contribution in [3.05, 3.63) is 29.8 Å². The summed E-state index contributed by atoms with van der Waals surface area (Å²) in [5.41, 5.74) is 7.81. The van der Waals surface area contributed by atoms with Gasteiger partial charge in [-0.15, -0.1) is 11.8 Å². The van der Waals surface area contributed by atoms with Crippen LogP contribution in [0.4, 0.5) is 0 Å². The Morgan fingerprint density at radius 2 is 2.12 bits per heavy atom. The summed E-state index contributed by atoms with van der Waals surface area (Å²) in [6.45, 7) is 0. The van der Waals surface area contributed by atoms with Crippen molar-refractivity contribution in [3.63, 3.8) is 0 Å². The van der Waals surface area contributed by atoms with E-state index in [1.165, 1.54) is 42.6 Å². The quantitative estimate of drug-likeness (QED) is 0.864. The van der Waals surface area contributed by atoms with Crippen LogP contribution in [0.3, 0.4) is 0 Å². The zero-order chi connectivity index (χ0) is 11.0. The van der Waals surface area contributed by atoms with E-state index < -0.39 is 0 Å². The normalized spacial score (nSPS) is 25.4. The van der Waals surface area contributed by atoms with Crippen molar-refractivity contribution in [2.75, 3.05) is 0 Å². The molecule has 16 heavy (non-hydrogen) atoms. The predicted octanol–water partition coefficient (Wildman–Crippen LogP) is 3.22.